The summed E-state index contributed by atoms with van der Waals surface area (Å²) in [5, 5.41) is 22.3. The normalized spacial score (nSPS) is 23.9. The van der Waals surface area contributed by atoms with E-state index in [1.165, 1.54) is 6.07 Å². The quantitative estimate of drug-likeness (QED) is 0.270. The van der Waals surface area contributed by atoms with Crippen molar-refractivity contribution in [3.63, 3.8) is 0 Å². The van der Waals surface area contributed by atoms with E-state index in [2.05, 4.69) is 10.3 Å². The second kappa shape index (κ2) is 8.51. The van der Waals surface area contributed by atoms with Crippen LogP contribution in [0.25, 0.3) is 0 Å². The van der Waals surface area contributed by atoms with E-state index in [0.29, 0.717) is 18.4 Å². The second-order valence-corrected chi connectivity index (χ2v) is 7.42. The largest absolute Gasteiger partial charge is 0.547 e. The molecular weight excluding hydrogens is 363 g/mol. The standard InChI is InChI=1S/C18H25BN4O5/c20-18(21)22-12-6-4-10(5-7-12)8-15(24)23-14-9-11-2-1-3-13(17(25)26)16(11)28-19(14)27/h1-3,10,12,14,27H,4-9H2,(H,23,24)(H,25,26)(H4,20,21,22). The highest BCUT2D eigenvalue weighted by atomic mass is 16.5. The molecule has 1 aromatic rings. The molecule has 0 aromatic heterocycles. The Labute approximate surface area is 163 Å². The van der Waals surface area contributed by atoms with Crippen molar-refractivity contribution >= 4 is 25.0 Å². The Balaban J connectivity index is 1.55. The number of aromatic carboxylic acids is 1. The number of guanidine groups is 1. The summed E-state index contributed by atoms with van der Waals surface area (Å²) < 4.78 is 5.40. The van der Waals surface area contributed by atoms with E-state index in [-0.39, 0.29) is 35.1 Å². The molecule has 3 rings (SSSR count). The number of benzene rings is 1. The lowest BCUT2D eigenvalue weighted by Gasteiger charge is -2.30. The number of rotatable bonds is 5. The Morgan fingerprint density at radius 2 is 1.96 bits per heavy atom. The summed E-state index contributed by atoms with van der Waals surface area (Å²) in [7, 11) is -1.30. The summed E-state index contributed by atoms with van der Waals surface area (Å²) in [4.78, 5) is 27.9. The van der Waals surface area contributed by atoms with Crippen LogP contribution in [0.4, 0.5) is 0 Å². The minimum Gasteiger partial charge on any atom is -0.534 e. The Kier molecular flexibility index (Phi) is 6.08. The highest BCUT2D eigenvalue weighted by Crippen LogP contribution is 2.31. The molecule has 0 radical (unpaired) electrons. The average molecular weight is 388 g/mol. The average Bonchev–Trinajstić information content (AvgIpc) is 2.63. The molecule has 1 aromatic carbocycles. The first-order chi connectivity index (χ1) is 13.3. The summed E-state index contributed by atoms with van der Waals surface area (Å²) in [6.07, 6.45) is 4.08. The van der Waals surface area contributed by atoms with Crippen LogP contribution < -0.4 is 21.4 Å². The zero-order chi connectivity index (χ0) is 20.3. The third-order valence-corrected chi connectivity index (χ3v) is 5.32. The first-order valence-corrected chi connectivity index (χ1v) is 9.41. The van der Waals surface area contributed by atoms with Crippen molar-refractivity contribution in [2.45, 2.75) is 50.5 Å². The highest BCUT2D eigenvalue weighted by Gasteiger charge is 2.38. The number of aliphatic imine (C=N–C) groups is 1. The van der Waals surface area contributed by atoms with Crippen LogP contribution in [0.2, 0.25) is 0 Å². The van der Waals surface area contributed by atoms with Gasteiger partial charge >= 0.3 is 13.1 Å². The van der Waals surface area contributed by atoms with E-state index < -0.39 is 19.0 Å². The molecule has 0 bridgehead atoms. The zero-order valence-electron chi connectivity index (χ0n) is 15.5. The van der Waals surface area contributed by atoms with E-state index in [1.54, 1.807) is 12.1 Å². The van der Waals surface area contributed by atoms with Gasteiger partial charge in [0, 0.05) is 6.42 Å². The number of carboxylic acid groups (broad SMARTS) is 1. The van der Waals surface area contributed by atoms with Gasteiger partial charge in [-0.15, -0.1) is 0 Å². The Morgan fingerprint density at radius 1 is 1.25 bits per heavy atom. The van der Waals surface area contributed by atoms with Crippen LogP contribution >= 0.6 is 0 Å². The monoisotopic (exact) mass is 388 g/mol. The number of carbonyl (C=O) groups excluding carboxylic acids is 1. The van der Waals surface area contributed by atoms with Crippen molar-refractivity contribution in [3.8, 4) is 5.75 Å². The lowest BCUT2D eigenvalue weighted by Crippen LogP contribution is -2.53. The van der Waals surface area contributed by atoms with Gasteiger partial charge in [-0.1, -0.05) is 12.1 Å². The first kappa shape index (κ1) is 20.0. The number of carboxylic acids is 1. The maximum atomic E-state index is 12.4. The molecule has 1 aliphatic heterocycles. The van der Waals surface area contributed by atoms with Crippen LogP contribution in [0.15, 0.2) is 23.2 Å². The third-order valence-electron chi connectivity index (χ3n) is 5.32. The molecule has 0 spiro atoms. The molecule has 1 saturated carbocycles. The van der Waals surface area contributed by atoms with Crippen molar-refractivity contribution in [1.29, 1.82) is 0 Å². The third kappa shape index (κ3) is 4.75. The molecule has 1 atom stereocenters. The van der Waals surface area contributed by atoms with Gasteiger partial charge in [0.1, 0.15) is 5.75 Å². The van der Waals surface area contributed by atoms with Crippen LogP contribution in [0.3, 0.4) is 0 Å². The van der Waals surface area contributed by atoms with Gasteiger partial charge < -0.3 is 31.6 Å². The molecule has 9 nitrogen and oxygen atoms in total. The van der Waals surface area contributed by atoms with Gasteiger partial charge in [-0.2, -0.15) is 0 Å². The summed E-state index contributed by atoms with van der Waals surface area (Å²) >= 11 is 0. The summed E-state index contributed by atoms with van der Waals surface area (Å²) in [5.74, 6) is -1.40. The Morgan fingerprint density at radius 3 is 2.61 bits per heavy atom. The number of nitrogens with one attached hydrogen (secondary N) is 1. The molecular formula is C18H25BN4O5. The fourth-order valence-electron chi connectivity index (χ4n) is 3.93. The molecule has 28 heavy (non-hydrogen) atoms. The van der Waals surface area contributed by atoms with E-state index in [4.69, 9.17) is 16.1 Å². The minimum absolute atomic E-state index is 0.00105. The first-order valence-electron chi connectivity index (χ1n) is 9.41. The van der Waals surface area contributed by atoms with Crippen molar-refractivity contribution < 1.29 is 24.4 Å². The smallest absolute Gasteiger partial charge is 0.534 e. The minimum atomic E-state index is -1.30. The maximum Gasteiger partial charge on any atom is 0.547 e. The topological polar surface area (TPSA) is 160 Å². The number of fused-ring (bicyclic) bond motifs is 1. The number of para-hydroxylation sites is 1. The molecule has 0 saturated heterocycles. The van der Waals surface area contributed by atoms with Gasteiger partial charge in [-0.05, 0) is 49.7 Å². The highest BCUT2D eigenvalue weighted by molar-refractivity contribution is 6.47. The second-order valence-electron chi connectivity index (χ2n) is 7.42. The van der Waals surface area contributed by atoms with Gasteiger partial charge in [0.15, 0.2) is 5.96 Å². The molecule has 1 heterocycles. The van der Waals surface area contributed by atoms with Gasteiger partial charge in [0.05, 0.1) is 17.5 Å². The Bertz CT molecular complexity index is 775. The molecule has 150 valence electrons. The van der Waals surface area contributed by atoms with Gasteiger partial charge in [-0.3, -0.25) is 9.79 Å². The zero-order valence-corrected chi connectivity index (χ0v) is 15.5. The van der Waals surface area contributed by atoms with Crippen molar-refractivity contribution in [2.75, 3.05) is 0 Å². The van der Waals surface area contributed by atoms with Crippen molar-refractivity contribution in [3.05, 3.63) is 29.3 Å². The fraction of sp³-hybridized carbons (Fsp3) is 0.500. The van der Waals surface area contributed by atoms with E-state index in [0.717, 1.165) is 25.7 Å². The predicted octanol–water partition coefficient (Wildman–Crippen LogP) is 0.0465. The molecule has 10 heteroatoms. The number of hydrogen-bond donors (Lipinski definition) is 5. The Hall–Kier alpha value is -2.75. The lowest BCUT2D eigenvalue weighted by molar-refractivity contribution is -0.122. The predicted molar refractivity (Wildman–Crippen MR) is 104 cm³/mol. The maximum absolute atomic E-state index is 12.4. The van der Waals surface area contributed by atoms with Crippen LogP contribution in [-0.2, 0) is 11.2 Å². The number of carbonyl (C=O) groups is 2. The number of nitrogens with two attached hydrogens (primary N) is 2. The SMILES string of the molecule is NC(N)=NC1CCC(CC(=O)NC2Cc3cccc(C(=O)O)c3OB2O)CC1. The van der Waals surface area contributed by atoms with E-state index >= 15 is 0 Å². The van der Waals surface area contributed by atoms with Crippen LogP contribution in [0.5, 0.6) is 5.75 Å². The van der Waals surface area contributed by atoms with Gasteiger partial charge in [0.25, 0.3) is 0 Å². The lowest BCUT2D eigenvalue weighted by atomic mass is 9.72. The number of hydrogen-bond acceptors (Lipinski definition) is 5. The molecule has 7 N–H and O–H groups in total. The molecule has 1 fully saturated rings. The van der Waals surface area contributed by atoms with Gasteiger partial charge in [0.2, 0.25) is 5.91 Å². The fourth-order valence-corrected chi connectivity index (χ4v) is 3.93. The molecule has 2 aliphatic rings. The summed E-state index contributed by atoms with van der Waals surface area (Å²) in [5.41, 5.74) is 11.5. The van der Waals surface area contributed by atoms with E-state index in [9.17, 15) is 19.7 Å². The molecule has 1 aliphatic carbocycles. The number of amides is 1. The molecule has 1 amide bonds. The molecule has 1 unspecified atom stereocenters. The van der Waals surface area contributed by atoms with Crippen molar-refractivity contribution in [2.24, 2.45) is 22.4 Å². The summed E-state index contributed by atoms with van der Waals surface area (Å²) in [6, 6.07) is 4.90. The van der Waals surface area contributed by atoms with Crippen LogP contribution in [-0.4, -0.2) is 47.1 Å². The number of nitrogens with zero attached hydrogens (tertiary/aromatic N) is 1. The van der Waals surface area contributed by atoms with Crippen LogP contribution in [0, 0.1) is 5.92 Å². The van der Waals surface area contributed by atoms with Gasteiger partial charge in [-0.25, -0.2) is 4.79 Å². The van der Waals surface area contributed by atoms with E-state index in [1.807, 2.05) is 0 Å². The van der Waals surface area contributed by atoms with Crippen molar-refractivity contribution in [1.82, 2.24) is 5.32 Å². The summed E-state index contributed by atoms with van der Waals surface area (Å²) in [6.45, 7) is 0. The van der Waals surface area contributed by atoms with Crippen LogP contribution in [0.1, 0.15) is 48.0 Å².